The molecule has 0 amide bonds. The molecule has 6 rings (SSSR count). The van der Waals surface area contributed by atoms with Gasteiger partial charge in [-0.2, -0.15) is 5.26 Å². The minimum atomic E-state index is 0.623. The molecule has 1 aliphatic heterocycles. The van der Waals surface area contributed by atoms with Crippen molar-refractivity contribution in [1.82, 2.24) is 14.7 Å². The van der Waals surface area contributed by atoms with Crippen molar-refractivity contribution < 1.29 is 0 Å². The topological polar surface area (TPSA) is 56.4 Å². The Morgan fingerprint density at radius 3 is 2.75 bits per heavy atom. The van der Waals surface area contributed by atoms with Crippen LogP contribution < -0.4 is 10.2 Å². The zero-order chi connectivity index (χ0) is 18.7. The van der Waals surface area contributed by atoms with Gasteiger partial charge in [0.05, 0.1) is 26.8 Å². The Hall–Kier alpha value is -3.14. The van der Waals surface area contributed by atoms with Crippen LogP contribution in [-0.4, -0.2) is 35.6 Å². The lowest BCUT2D eigenvalue weighted by molar-refractivity contribution is 0.589. The second-order valence-corrected chi connectivity index (χ2v) is 8.25. The molecule has 4 heterocycles. The number of thiophene rings is 1. The van der Waals surface area contributed by atoms with Crippen molar-refractivity contribution in [2.24, 2.45) is 0 Å². The van der Waals surface area contributed by atoms with Gasteiger partial charge in [-0.05, 0) is 36.4 Å². The molecule has 1 N–H and O–H groups in total. The van der Waals surface area contributed by atoms with Crippen LogP contribution in [0.4, 0.5) is 5.69 Å². The average Bonchev–Trinajstić information content (AvgIpc) is 3.31. The molecule has 2 aromatic carbocycles. The molecule has 0 radical (unpaired) electrons. The molecular weight excluding hydrogens is 366 g/mol. The smallest absolute Gasteiger partial charge is 0.156 e. The van der Waals surface area contributed by atoms with E-state index in [9.17, 15) is 5.26 Å². The summed E-state index contributed by atoms with van der Waals surface area (Å²) in [5.74, 6) is 0. The number of aromatic nitrogens is 2. The summed E-state index contributed by atoms with van der Waals surface area (Å²) in [4.78, 5) is 7.18. The molecule has 1 saturated heterocycles. The SMILES string of the molecule is N#Cc1cc2sc3cc(N4CCNCC4)ccc3c2n2c1nc1ccccc12. The Morgan fingerprint density at radius 1 is 1.04 bits per heavy atom. The zero-order valence-electron chi connectivity index (χ0n) is 15.1. The molecule has 3 aromatic heterocycles. The van der Waals surface area contributed by atoms with Crippen LogP contribution in [0.3, 0.4) is 0 Å². The van der Waals surface area contributed by atoms with Crippen molar-refractivity contribution in [2.75, 3.05) is 31.1 Å². The molecule has 0 unspecified atom stereocenters. The number of anilines is 1. The largest absolute Gasteiger partial charge is 0.369 e. The summed E-state index contributed by atoms with van der Waals surface area (Å²) in [5.41, 5.74) is 5.75. The first-order valence-corrected chi connectivity index (χ1v) is 10.3. The van der Waals surface area contributed by atoms with Gasteiger partial charge in [-0.3, -0.25) is 4.40 Å². The van der Waals surface area contributed by atoms with Gasteiger partial charge in [0, 0.05) is 42.0 Å². The summed E-state index contributed by atoms with van der Waals surface area (Å²) < 4.78 is 4.53. The Labute approximate surface area is 165 Å². The van der Waals surface area contributed by atoms with Crippen LogP contribution in [0.25, 0.3) is 37.0 Å². The molecule has 28 heavy (non-hydrogen) atoms. The van der Waals surface area contributed by atoms with E-state index in [4.69, 9.17) is 4.98 Å². The summed E-state index contributed by atoms with van der Waals surface area (Å²) in [7, 11) is 0. The second-order valence-electron chi connectivity index (χ2n) is 7.16. The molecule has 6 heteroatoms. The van der Waals surface area contributed by atoms with Gasteiger partial charge in [-0.1, -0.05) is 12.1 Å². The maximum absolute atomic E-state index is 9.70. The summed E-state index contributed by atoms with van der Waals surface area (Å²) >= 11 is 1.75. The molecule has 0 aliphatic carbocycles. The Kier molecular flexibility index (Phi) is 3.36. The molecule has 1 fully saturated rings. The standard InChI is InChI=1S/C22H17N5S/c23-13-14-11-20-21(27-18-4-2-1-3-17(18)25-22(14)27)16-6-5-15(12-19(16)28-20)26-9-7-24-8-10-26/h1-6,11-12,24H,7-10H2. The van der Waals surface area contributed by atoms with Gasteiger partial charge in [0.1, 0.15) is 6.07 Å². The highest BCUT2D eigenvalue weighted by Gasteiger charge is 2.18. The van der Waals surface area contributed by atoms with Crippen LogP contribution in [0.15, 0.2) is 48.5 Å². The number of hydrogen-bond acceptors (Lipinski definition) is 5. The lowest BCUT2D eigenvalue weighted by Crippen LogP contribution is -2.43. The van der Waals surface area contributed by atoms with Gasteiger partial charge in [0.15, 0.2) is 5.65 Å². The quantitative estimate of drug-likeness (QED) is 0.473. The fraction of sp³-hybridized carbons (Fsp3) is 0.182. The maximum atomic E-state index is 9.70. The first-order valence-electron chi connectivity index (χ1n) is 9.46. The number of pyridine rings is 1. The number of fused-ring (bicyclic) bond motifs is 7. The van der Waals surface area contributed by atoms with Crippen LogP contribution in [0.5, 0.6) is 0 Å². The molecule has 1 aliphatic rings. The third-order valence-corrected chi connectivity index (χ3v) is 6.67. The minimum Gasteiger partial charge on any atom is -0.369 e. The fourth-order valence-electron chi connectivity index (χ4n) is 4.25. The van der Waals surface area contributed by atoms with Crippen molar-refractivity contribution in [3.05, 3.63) is 54.1 Å². The fourth-order valence-corrected chi connectivity index (χ4v) is 5.42. The molecule has 0 bridgehead atoms. The molecular formula is C22H17N5S. The van der Waals surface area contributed by atoms with Crippen molar-refractivity contribution in [2.45, 2.75) is 0 Å². The van der Waals surface area contributed by atoms with E-state index in [0.717, 1.165) is 53.1 Å². The number of nitrogens with zero attached hydrogens (tertiary/aromatic N) is 4. The van der Waals surface area contributed by atoms with E-state index < -0.39 is 0 Å². The number of nitriles is 1. The van der Waals surface area contributed by atoms with Crippen LogP contribution in [0, 0.1) is 11.3 Å². The molecule has 5 nitrogen and oxygen atoms in total. The number of para-hydroxylation sites is 2. The maximum Gasteiger partial charge on any atom is 0.156 e. The molecule has 0 atom stereocenters. The Morgan fingerprint density at radius 2 is 1.89 bits per heavy atom. The lowest BCUT2D eigenvalue weighted by Gasteiger charge is -2.29. The highest BCUT2D eigenvalue weighted by atomic mass is 32.1. The molecule has 136 valence electrons. The van der Waals surface area contributed by atoms with Crippen LogP contribution in [-0.2, 0) is 0 Å². The van der Waals surface area contributed by atoms with Gasteiger partial charge < -0.3 is 10.2 Å². The van der Waals surface area contributed by atoms with Crippen molar-refractivity contribution >= 4 is 54.0 Å². The van der Waals surface area contributed by atoms with Crippen molar-refractivity contribution in [3.8, 4) is 6.07 Å². The number of piperazine rings is 1. The monoisotopic (exact) mass is 383 g/mol. The first-order chi connectivity index (χ1) is 13.8. The summed E-state index contributed by atoms with van der Waals surface area (Å²) in [5, 5.41) is 14.3. The number of imidazole rings is 1. The van der Waals surface area contributed by atoms with E-state index in [0.29, 0.717) is 5.56 Å². The van der Waals surface area contributed by atoms with E-state index in [1.54, 1.807) is 11.3 Å². The zero-order valence-corrected chi connectivity index (χ0v) is 16.0. The average molecular weight is 383 g/mol. The van der Waals surface area contributed by atoms with Crippen LogP contribution in [0.1, 0.15) is 5.56 Å². The lowest BCUT2D eigenvalue weighted by atomic mass is 10.1. The van der Waals surface area contributed by atoms with E-state index in [-0.39, 0.29) is 0 Å². The summed E-state index contributed by atoms with van der Waals surface area (Å²) in [6, 6.07) is 19.2. The normalized spacial score (nSPS) is 15.0. The van der Waals surface area contributed by atoms with E-state index >= 15 is 0 Å². The van der Waals surface area contributed by atoms with E-state index in [1.165, 1.54) is 15.8 Å². The van der Waals surface area contributed by atoms with Gasteiger partial charge >= 0.3 is 0 Å². The van der Waals surface area contributed by atoms with Crippen LogP contribution >= 0.6 is 11.3 Å². The Bertz CT molecular complexity index is 1420. The predicted molar refractivity (Wildman–Crippen MR) is 115 cm³/mol. The summed E-state index contributed by atoms with van der Waals surface area (Å²) in [6.07, 6.45) is 0. The van der Waals surface area contributed by atoms with Crippen molar-refractivity contribution in [3.63, 3.8) is 0 Å². The number of rotatable bonds is 1. The highest BCUT2D eigenvalue weighted by Crippen LogP contribution is 2.38. The number of hydrogen-bond donors (Lipinski definition) is 1. The van der Waals surface area contributed by atoms with Crippen molar-refractivity contribution in [1.29, 1.82) is 5.26 Å². The number of nitrogens with one attached hydrogen (secondary N) is 1. The van der Waals surface area contributed by atoms with Gasteiger partial charge in [-0.15, -0.1) is 11.3 Å². The Balaban J connectivity index is 1.70. The molecule has 5 aromatic rings. The third kappa shape index (κ3) is 2.18. The predicted octanol–water partition coefficient (Wildman–Crippen LogP) is 4.14. The number of benzene rings is 2. The molecule has 0 saturated carbocycles. The molecule has 0 spiro atoms. The second kappa shape index (κ2) is 5.93. The van der Waals surface area contributed by atoms with Gasteiger partial charge in [0.25, 0.3) is 0 Å². The third-order valence-electron chi connectivity index (χ3n) is 5.58. The van der Waals surface area contributed by atoms with Crippen LogP contribution in [0.2, 0.25) is 0 Å². The van der Waals surface area contributed by atoms with E-state index in [1.807, 2.05) is 24.3 Å². The highest BCUT2D eigenvalue weighted by molar-refractivity contribution is 7.25. The van der Waals surface area contributed by atoms with Gasteiger partial charge in [0.2, 0.25) is 0 Å². The first kappa shape index (κ1) is 15.9. The van der Waals surface area contributed by atoms with E-state index in [2.05, 4.69) is 45.0 Å². The summed E-state index contributed by atoms with van der Waals surface area (Å²) in [6.45, 7) is 4.12. The van der Waals surface area contributed by atoms with Gasteiger partial charge in [-0.25, -0.2) is 4.98 Å². The minimum absolute atomic E-state index is 0.623.